The number of hydrogen-bond acceptors (Lipinski definition) is 3. The van der Waals surface area contributed by atoms with Crippen LogP contribution in [0.1, 0.15) is 32.6 Å². The first-order chi connectivity index (χ1) is 13.4. The van der Waals surface area contributed by atoms with Gasteiger partial charge in [-0.25, -0.2) is 4.98 Å². The summed E-state index contributed by atoms with van der Waals surface area (Å²) in [4.78, 5) is 17.1. The largest absolute Gasteiger partial charge is 0.479 e. The van der Waals surface area contributed by atoms with Gasteiger partial charge in [-0.05, 0) is 51.1 Å². The van der Waals surface area contributed by atoms with Gasteiger partial charge >= 0.3 is 0 Å². The fourth-order valence-corrected chi connectivity index (χ4v) is 3.56. The van der Waals surface area contributed by atoms with Crippen LogP contribution in [-0.4, -0.2) is 28.1 Å². The van der Waals surface area contributed by atoms with Crippen molar-refractivity contribution in [3.8, 4) is 5.75 Å². The number of carbonyl (C=O) groups excluding carboxylic acids is 1. The Morgan fingerprint density at radius 1 is 1.18 bits per heavy atom. The molecular weight excluding hydrogens is 397 g/mol. The van der Waals surface area contributed by atoms with E-state index in [2.05, 4.69) is 29.8 Å². The van der Waals surface area contributed by atoms with Crippen LogP contribution < -0.4 is 10.1 Å². The molecule has 0 bridgehead atoms. The molecule has 1 aromatic heterocycles. The van der Waals surface area contributed by atoms with E-state index in [0.717, 1.165) is 16.9 Å². The van der Waals surface area contributed by atoms with E-state index in [1.54, 1.807) is 25.1 Å². The molecule has 0 saturated heterocycles. The van der Waals surface area contributed by atoms with Gasteiger partial charge in [0.15, 0.2) is 6.10 Å². The summed E-state index contributed by atoms with van der Waals surface area (Å²) in [6.45, 7) is 6.41. The lowest BCUT2D eigenvalue weighted by Gasteiger charge is -2.16. The lowest BCUT2D eigenvalue weighted by Crippen LogP contribution is -2.37. The Kier molecular flexibility index (Phi) is 6.47. The van der Waals surface area contributed by atoms with Gasteiger partial charge in [-0.3, -0.25) is 4.79 Å². The Morgan fingerprint density at radius 3 is 2.64 bits per heavy atom. The molecule has 0 aliphatic rings. The Hall–Kier alpha value is -2.24. The topological polar surface area (TPSA) is 56.1 Å². The van der Waals surface area contributed by atoms with Crippen LogP contribution in [0, 0.1) is 0 Å². The molecule has 1 amide bonds. The maximum Gasteiger partial charge on any atom is 0.260 e. The first kappa shape index (κ1) is 20.5. The monoisotopic (exact) mass is 419 g/mol. The van der Waals surface area contributed by atoms with Crippen LogP contribution >= 0.6 is 23.2 Å². The maximum atomic E-state index is 12.4. The van der Waals surface area contributed by atoms with Crippen LogP contribution in [0.4, 0.5) is 0 Å². The van der Waals surface area contributed by atoms with Crippen LogP contribution in [0.15, 0.2) is 42.5 Å². The average Bonchev–Trinajstić information content (AvgIpc) is 3.02. The third kappa shape index (κ3) is 4.59. The Bertz CT molecular complexity index is 985. The molecule has 0 saturated carbocycles. The molecule has 3 aromatic rings. The van der Waals surface area contributed by atoms with Crippen molar-refractivity contribution in [2.75, 3.05) is 6.54 Å². The molecule has 0 radical (unpaired) electrons. The fourth-order valence-electron chi connectivity index (χ4n) is 3.10. The zero-order valence-electron chi connectivity index (χ0n) is 16.1. The van der Waals surface area contributed by atoms with Crippen molar-refractivity contribution < 1.29 is 9.53 Å². The Labute approximate surface area is 174 Å². The molecule has 2 aromatic carbocycles. The standard InChI is InChI=1S/C21H23Cl2N3O2/c1-13(2)26-18-7-5-4-6-17(18)25-20(26)10-11-24-21(27)14(3)28-19-9-8-15(22)12-16(19)23/h4-9,12-14H,10-11H2,1-3H3,(H,24,27). The highest BCUT2D eigenvalue weighted by Crippen LogP contribution is 2.28. The first-order valence-corrected chi connectivity index (χ1v) is 9.97. The lowest BCUT2D eigenvalue weighted by molar-refractivity contribution is -0.127. The summed E-state index contributed by atoms with van der Waals surface area (Å²) in [5.74, 6) is 1.17. The number of amides is 1. The third-order valence-electron chi connectivity index (χ3n) is 4.40. The van der Waals surface area contributed by atoms with E-state index in [0.29, 0.717) is 28.8 Å². The van der Waals surface area contributed by atoms with Crippen LogP contribution in [0.2, 0.25) is 10.0 Å². The molecule has 28 heavy (non-hydrogen) atoms. The Morgan fingerprint density at radius 2 is 1.93 bits per heavy atom. The molecule has 1 heterocycles. The summed E-state index contributed by atoms with van der Waals surface area (Å²) >= 11 is 12.0. The molecule has 0 spiro atoms. The van der Waals surface area contributed by atoms with Gasteiger partial charge in [-0.1, -0.05) is 35.3 Å². The Balaban J connectivity index is 1.61. The van der Waals surface area contributed by atoms with Crippen molar-refractivity contribution in [3.05, 3.63) is 58.3 Å². The van der Waals surface area contributed by atoms with Crippen LogP contribution in [0.5, 0.6) is 5.75 Å². The number of hydrogen-bond donors (Lipinski definition) is 1. The number of halogens is 2. The minimum Gasteiger partial charge on any atom is -0.479 e. The second-order valence-corrected chi connectivity index (χ2v) is 7.70. The summed E-state index contributed by atoms with van der Waals surface area (Å²) in [5, 5.41) is 3.80. The van der Waals surface area contributed by atoms with Crippen molar-refractivity contribution in [1.82, 2.24) is 14.9 Å². The number of ether oxygens (including phenoxy) is 1. The highest BCUT2D eigenvalue weighted by Gasteiger charge is 2.17. The van der Waals surface area contributed by atoms with E-state index in [-0.39, 0.29) is 11.9 Å². The smallest absolute Gasteiger partial charge is 0.260 e. The molecule has 3 rings (SSSR count). The van der Waals surface area contributed by atoms with Crippen LogP contribution in [-0.2, 0) is 11.2 Å². The average molecular weight is 420 g/mol. The van der Waals surface area contributed by atoms with Crippen LogP contribution in [0.25, 0.3) is 11.0 Å². The number of nitrogens with zero attached hydrogens (tertiary/aromatic N) is 2. The van der Waals surface area contributed by atoms with Crippen molar-refractivity contribution in [2.45, 2.75) is 39.3 Å². The highest BCUT2D eigenvalue weighted by atomic mass is 35.5. The predicted molar refractivity (Wildman–Crippen MR) is 113 cm³/mol. The molecule has 0 aliphatic heterocycles. The quantitative estimate of drug-likeness (QED) is 0.582. The summed E-state index contributed by atoms with van der Waals surface area (Å²) in [6, 6.07) is 13.2. The maximum absolute atomic E-state index is 12.4. The number of imidazole rings is 1. The van der Waals surface area contributed by atoms with Crippen LogP contribution in [0.3, 0.4) is 0 Å². The zero-order valence-corrected chi connectivity index (χ0v) is 17.6. The lowest BCUT2D eigenvalue weighted by atomic mass is 10.3. The number of para-hydroxylation sites is 2. The van der Waals surface area contributed by atoms with E-state index in [1.165, 1.54) is 0 Å². The van der Waals surface area contributed by atoms with Crippen molar-refractivity contribution in [3.63, 3.8) is 0 Å². The van der Waals surface area contributed by atoms with Gasteiger partial charge in [0.05, 0.1) is 16.1 Å². The molecule has 7 heteroatoms. The summed E-state index contributed by atoms with van der Waals surface area (Å²) in [6.07, 6.45) is -0.0462. The van der Waals surface area contributed by atoms with Gasteiger partial charge < -0.3 is 14.6 Å². The van der Waals surface area contributed by atoms with Gasteiger partial charge in [-0.15, -0.1) is 0 Å². The first-order valence-electron chi connectivity index (χ1n) is 9.22. The molecule has 5 nitrogen and oxygen atoms in total. The van der Waals surface area contributed by atoms with E-state index < -0.39 is 6.10 Å². The second kappa shape index (κ2) is 8.84. The molecule has 0 fully saturated rings. The number of fused-ring (bicyclic) bond motifs is 1. The second-order valence-electron chi connectivity index (χ2n) is 6.86. The van der Waals surface area contributed by atoms with Gasteiger partial charge in [0.1, 0.15) is 11.6 Å². The van der Waals surface area contributed by atoms with Crippen molar-refractivity contribution in [1.29, 1.82) is 0 Å². The number of rotatable bonds is 7. The fraction of sp³-hybridized carbons (Fsp3) is 0.333. The van der Waals surface area contributed by atoms with Gasteiger partial charge in [0.2, 0.25) is 0 Å². The van der Waals surface area contributed by atoms with E-state index in [9.17, 15) is 4.79 Å². The van der Waals surface area contributed by atoms with Crippen molar-refractivity contribution >= 4 is 40.1 Å². The number of aromatic nitrogens is 2. The summed E-state index contributed by atoms with van der Waals surface area (Å²) in [7, 11) is 0. The van der Waals surface area contributed by atoms with E-state index in [4.69, 9.17) is 32.9 Å². The van der Waals surface area contributed by atoms with Gasteiger partial charge in [-0.2, -0.15) is 0 Å². The molecule has 1 atom stereocenters. The van der Waals surface area contributed by atoms with Gasteiger partial charge in [0.25, 0.3) is 5.91 Å². The van der Waals surface area contributed by atoms with Gasteiger partial charge in [0, 0.05) is 24.0 Å². The third-order valence-corrected chi connectivity index (χ3v) is 4.93. The van der Waals surface area contributed by atoms with E-state index >= 15 is 0 Å². The predicted octanol–water partition coefficient (Wildman–Crippen LogP) is 5.05. The highest BCUT2D eigenvalue weighted by molar-refractivity contribution is 6.35. The molecule has 148 valence electrons. The molecular formula is C21H23Cl2N3O2. The number of carbonyl (C=O) groups is 1. The summed E-state index contributed by atoms with van der Waals surface area (Å²) in [5.41, 5.74) is 2.07. The number of nitrogens with one attached hydrogen (secondary N) is 1. The number of benzene rings is 2. The normalized spacial score (nSPS) is 12.4. The molecule has 1 N–H and O–H groups in total. The van der Waals surface area contributed by atoms with E-state index in [1.807, 2.05) is 18.2 Å². The molecule has 1 unspecified atom stereocenters. The minimum atomic E-state index is -0.678. The minimum absolute atomic E-state index is 0.210. The SMILES string of the molecule is CC(Oc1ccc(Cl)cc1Cl)C(=O)NCCc1nc2ccccc2n1C(C)C. The molecule has 0 aliphatic carbocycles. The zero-order chi connectivity index (χ0) is 20.3. The summed E-state index contributed by atoms with van der Waals surface area (Å²) < 4.78 is 7.85. The van der Waals surface area contributed by atoms with Crippen molar-refractivity contribution in [2.24, 2.45) is 0 Å².